The minimum Gasteiger partial charge on any atom is -0.449 e. The van der Waals surface area contributed by atoms with Crippen molar-refractivity contribution in [3.8, 4) is 0 Å². The average Bonchev–Trinajstić information content (AvgIpc) is 3.07. The summed E-state index contributed by atoms with van der Waals surface area (Å²) in [5.41, 5.74) is 4.47. The standard InChI is InChI=1S/C20H28N4O4S/c1-12(2)11-28-20(27)21-16(15-13(3)7-6-8-14(15)4)17(25)18(26)22-23-19-24(5)9-10-29-19/h6-8,12,16H,9-11H2,1-5H3,(H,21,27)(H,22,26). The second-order valence-corrected chi connectivity index (χ2v) is 8.41. The van der Waals surface area contributed by atoms with Gasteiger partial charge in [-0.1, -0.05) is 43.8 Å². The molecular weight excluding hydrogens is 392 g/mol. The molecule has 1 fully saturated rings. The number of carbonyl (C=O) groups is 3. The largest absolute Gasteiger partial charge is 0.449 e. The zero-order valence-corrected chi connectivity index (χ0v) is 18.3. The van der Waals surface area contributed by atoms with Gasteiger partial charge in [-0.3, -0.25) is 9.59 Å². The molecule has 1 unspecified atom stereocenters. The second kappa shape index (κ2) is 10.3. The molecule has 0 spiro atoms. The van der Waals surface area contributed by atoms with E-state index in [9.17, 15) is 14.4 Å². The Morgan fingerprint density at radius 2 is 1.90 bits per heavy atom. The summed E-state index contributed by atoms with van der Waals surface area (Å²) in [4.78, 5) is 39.6. The Bertz CT molecular complexity index is 789. The lowest BCUT2D eigenvalue weighted by Crippen LogP contribution is -2.42. The van der Waals surface area contributed by atoms with Crippen molar-refractivity contribution in [2.45, 2.75) is 33.7 Å². The molecule has 1 saturated heterocycles. The van der Waals surface area contributed by atoms with Crippen LogP contribution in [0.1, 0.15) is 36.6 Å². The van der Waals surface area contributed by atoms with Gasteiger partial charge in [0.25, 0.3) is 0 Å². The number of alkyl carbamates (subject to hydrolysis) is 1. The average molecular weight is 421 g/mol. The number of hydrogen-bond acceptors (Lipinski definition) is 6. The van der Waals surface area contributed by atoms with Crippen molar-refractivity contribution in [1.29, 1.82) is 0 Å². The first kappa shape index (κ1) is 22.7. The van der Waals surface area contributed by atoms with E-state index < -0.39 is 23.8 Å². The molecule has 1 aromatic rings. The van der Waals surface area contributed by atoms with E-state index in [1.165, 1.54) is 11.8 Å². The van der Waals surface area contributed by atoms with Gasteiger partial charge in [0.05, 0.1) is 6.61 Å². The van der Waals surface area contributed by atoms with E-state index in [0.29, 0.717) is 10.7 Å². The first-order valence-corrected chi connectivity index (χ1v) is 10.4. The zero-order chi connectivity index (χ0) is 21.6. The van der Waals surface area contributed by atoms with E-state index in [4.69, 9.17) is 4.74 Å². The number of nitrogens with one attached hydrogen (secondary N) is 2. The van der Waals surface area contributed by atoms with Crippen molar-refractivity contribution in [2.24, 2.45) is 11.0 Å². The summed E-state index contributed by atoms with van der Waals surface area (Å²) in [5, 5.41) is 7.22. The molecule has 2 amide bonds. The fourth-order valence-corrected chi connectivity index (χ4v) is 3.81. The summed E-state index contributed by atoms with van der Waals surface area (Å²) >= 11 is 1.49. The van der Waals surface area contributed by atoms with Crippen LogP contribution in [0.3, 0.4) is 0 Å². The topological polar surface area (TPSA) is 100 Å². The predicted molar refractivity (Wildman–Crippen MR) is 114 cm³/mol. The van der Waals surface area contributed by atoms with Crippen LogP contribution < -0.4 is 10.7 Å². The Hall–Kier alpha value is -2.55. The molecule has 0 saturated carbocycles. The summed E-state index contributed by atoms with van der Waals surface area (Å²) < 4.78 is 5.15. The summed E-state index contributed by atoms with van der Waals surface area (Å²) in [7, 11) is 1.86. The number of aryl methyl sites for hydroxylation is 2. The highest BCUT2D eigenvalue weighted by atomic mass is 32.2. The van der Waals surface area contributed by atoms with E-state index >= 15 is 0 Å². The van der Waals surface area contributed by atoms with Crippen LogP contribution in [-0.2, 0) is 14.3 Å². The molecule has 29 heavy (non-hydrogen) atoms. The highest BCUT2D eigenvalue weighted by molar-refractivity contribution is 8.14. The van der Waals surface area contributed by atoms with Crippen molar-refractivity contribution in [1.82, 2.24) is 15.6 Å². The van der Waals surface area contributed by atoms with Crippen molar-refractivity contribution in [2.75, 3.05) is 26.0 Å². The summed E-state index contributed by atoms with van der Waals surface area (Å²) in [6.07, 6.45) is -0.745. The molecule has 0 radical (unpaired) electrons. The number of Topliss-reactive ketones (excluding diaryl/α,β-unsaturated/α-hetero) is 1. The third-order valence-electron chi connectivity index (χ3n) is 4.36. The fourth-order valence-electron chi connectivity index (χ4n) is 2.84. The fraction of sp³-hybridized carbons (Fsp3) is 0.500. The number of hydrazone groups is 1. The molecule has 1 heterocycles. The lowest BCUT2D eigenvalue weighted by Gasteiger charge is -2.21. The predicted octanol–water partition coefficient (Wildman–Crippen LogP) is 2.36. The first-order valence-electron chi connectivity index (χ1n) is 9.46. The lowest BCUT2D eigenvalue weighted by atomic mass is 9.93. The number of amides is 2. The van der Waals surface area contributed by atoms with Gasteiger partial charge in [0.2, 0.25) is 5.78 Å². The Morgan fingerprint density at radius 1 is 1.24 bits per heavy atom. The monoisotopic (exact) mass is 420 g/mol. The molecule has 8 nitrogen and oxygen atoms in total. The second-order valence-electron chi connectivity index (χ2n) is 7.34. The van der Waals surface area contributed by atoms with Gasteiger partial charge in [0, 0.05) is 19.3 Å². The first-order chi connectivity index (χ1) is 13.7. The Kier molecular flexibility index (Phi) is 8.07. The van der Waals surface area contributed by atoms with E-state index in [-0.39, 0.29) is 12.5 Å². The molecule has 0 aromatic heterocycles. The highest BCUT2D eigenvalue weighted by Gasteiger charge is 2.31. The molecule has 1 aliphatic rings. The highest BCUT2D eigenvalue weighted by Crippen LogP contribution is 2.23. The van der Waals surface area contributed by atoms with Crippen LogP contribution in [0.25, 0.3) is 0 Å². The minimum absolute atomic E-state index is 0.148. The zero-order valence-electron chi connectivity index (χ0n) is 17.4. The Labute approximate surface area is 175 Å². The summed E-state index contributed by atoms with van der Waals surface area (Å²) in [5.74, 6) is -0.683. The molecule has 1 aliphatic heterocycles. The molecule has 2 N–H and O–H groups in total. The van der Waals surface area contributed by atoms with Crippen LogP contribution in [0.5, 0.6) is 0 Å². The Balaban J connectivity index is 2.22. The van der Waals surface area contributed by atoms with E-state index in [2.05, 4.69) is 15.8 Å². The quantitative estimate of drug-likeness (QED) is 0.519. The number of nitrogens with zero attached hydrogens (tertiary/aromatic N) is 2. The maximum atomic E-state index is 12.9. The van der Waals surface area contributed by atoms with E-state index in [1.54, 1.807) is 0 Å². The van der Waals surface area contributed by atoms with Crippen molar-refractivity contribution in [3.05, 3.63) is 34.9 Å². The number of rotatable bonds is 7. The third-order valence-corrected chi connectivity index (χ3v) is 5.41. The number of carbonyl (C=O) groups excluding carboxylic acids is 3. The maximum absolute atomic E-state index is 12.9. The van der Waals surface area contributed by atoms with Gasteiger partial charge >= 0.3 is 12.0 Å². The molecule has 2 rings (SSSR count). The van der Waals surface area contributed by atoms with Crippen LogP contribution in [0, 0.1) is 19.8 Å². The van der Waals surface area contributed by atoms with Gasteiger partial charge in [-0.25, -0.2) is 10.2 Å². The number of hydrogen-bond donors (Lipinski definition) is 2. The molecule has 1 atom stereocenters. The van der Waals surface area contributed by atoms with Gasteiger partial charge in [-0.15, -0.1) is 5.10 Å². The molecule has 0 aliphatic carbocycles. The molecule has 9 heteroatoms. The third kappa shape index (κ3) is 6.22. The van der Waals surface area contributed by atoms with Gasteiger partial charge in [-0.05, 0) is 36.5 Å². The number of amidine groups is 1. The van der Waals surface area contributed by atoms with E-state index in [0.717, 1.165) is 23.4 Å². The van der Waals surface area contributed by atoms with Crippen molar-refractivity contribution in [3.63, 3.8) is 0 Å². The molecule has 0 bridgehead atoms. The van der Waals surface area contributed by atoms with Crippen molar-refractivity contribution < 1.29 is 19.1 Å². The number of ether oxygens (including phenoxy) is 1. The van der Waals surface area contributed by atoms with Crippen molar-refractivity contribution >= 4 is 34.7 Å². The molecular formula is C20H28N4O4S. The van der Waals surface area contributed by atoms with Crippen LogP contribution >= 0.6 is 11.8 Å². The number of ketones is 1. The summed E-state index contributed by atoms with van der Waals surface area (Å²) in [6, 6.07) is 4.34. The molecule has 1 aromatic carbocycles. The SMILES string of the molecule is Cc1cccc(C)c1C(NC(=O)OCC(C)C)C(=O)C(=O)NN=C1SCCN1C. The van der Waals surface area contributed by atoms with Gasteiger partial charge in [-0.2, -0.15) is 0 Å². The number of thioether (sulfide) groups is 1. The molecule has 158 valence electrons. The van der Waals surface area contributed by atoms with Gasteiger partial charge < -0.3 is 15.0 Å². The summed E-state index contributed by atoms with van der Waals surface area (Å²) in [6.45, 7) is 8.50. The van der Waals surface area contributed by atoms with Crippen LogP contribution in [0.4, 0.5) is 4.79 Å². The van der Waals surface area contributed by atoms with Gasteiger partial charge in [0.1, 0.15) is 6.04 Å². The Morgan fingerprint density at radius 3 is 2.45 bits per heavy atom. The number of benzene rings is 1. The van der Waals surface area contributed by atoms with Gasteiger partial charge in [0.15, 0.2) is 5.17 Å². The normalized spacial score (nSPS) is 16.1. The minimum atomic E-state index is -1.16. The maximum Gasteiger partial charge on any atom is 0.408 e. The van der Waals surface area contributed by atoms with Crippen LogP contribution in [0.15, 0.2) is 23.3 Å². The lowest BCUT2D eigenvalue weighted by molar-refractivity contribution is -0.139. The van der Waals surface area contributed by atoms with E-state index in [1.807, 2.05) is 57.8 Å². The smallest absolute Gasteiger partial charge is 0.408 e. The van der Waals surface area contributed by atoms with Crippen LogP contribution in [0.2, 0.25) is 0 Å². The van der Waals surface area contributed by atoms with Crippen LogP contribution in [-0.4, -0.2) is 53.8 Å².